The molecule has 0 aliphatic heterocycles. The van der Waals surface area contributed by atoms with Crippen LogP contribution < -0.4 is 4.90 Å². The Balaban J connectivity index is 2.36. The number of nitrogens with zero attached hydrogens (tertiary/aromatic N) is 1. The molecule has 1 heterocycles. The fraction of sp³-hybridized carbons (Fsp3) is 0.214. The molecule has 0 radical (unpaired) electrons. The summed E-state index contributed by atoms with van der Waals surface area (Å²) in [4.78, 5) is 14.8. The topological polar surface area (TPSA) is 20.3 Å². The maximum absolute atomic E-state index is 12.1. The maximum Gasteiger partial charge on any atom is 0.242 e. The summed E-state index contributed by atoms with van der Waals surface area (Å²) < 4.78 is 0. The number of carbonyl (C=O) groups is 1. The molecule has 2 nitrogen and oxygen atoms in total. The Labute approximate surface area is 126 Å². The van der Waals surface area contributed by atoms with Gasteiger partial charge in [-0.3, -0.25) is 4.79 Å². The normalized spacial score (nSPS) is 10.5. The lowest BCUT2D eigenvalue weighted by Gasteiger charge is -2.23. The van der Waals surface area contributed by atoms with Crippen LogP contribution in [0.15, 0.2) is 35.7 Å². The van der Waals surface area contributed by atoms with Crippen LogP contribution in [0.5, 0.6) is 0 Å². The Bertz CT molecular complexity index is 569. The second-order valence-electron chi connectivity index (χ2n) is 4.12. The highest BCUT2D eigenvalue weighted by Gasteiger charge is 2.18. The van der Waals surface area contributed by atoms with E-state index in [1.165, 1.54) is 0 Å². The molecule has 1 aromatic heterocycles. The van der Waals surface area contributed by atoms with Crippen molar-refractivity contribution < 1.29 is 4.79 Å². The van der Waals surface area contributed by atoms with Crippen LogP contribution >= 0.6 is 34.5 Å². The SMILES string of the molecule is Cc1ccc(Cl)cc1N(Cc1cccs1)C(=O)CCl. The van der Waals surface area contributed by atoms with Gasteiger partial charge in [-0.1, -0.05) is 23.7 Å². The molecule has 0 saturated heterocycles. The molecule has 0 aliphatic carbocycles. The van der Waals surface area contributed by atoms with Crippen molar-refractivity contribution in [3.63, 3.8) is 0 Å². The minimum Gasteiger partial charge on any atom is -0.306 e. The van der Waals surface area contributed by atoms with Crippen LogP contribution in [0.4, 0.5) is 5.69 Å². The number of alkyl halides is 1. The largest absolute Gasteiger partial charge is 0.306 e. The molecule has 1 aromatic carbocycles. The smallest absolute Gasteiger partial charge is 0.242 e. The highest BCUT2D eigenvalue weighted by Crippen LogP contribution is 2.27. The predicted molar refractivity (Wildman–Crippen MR) is 82.4 cm³/mol. The third kappa shape index (κ3) is 3.50. The number of rotatable bonds is 4. The quantitative estimate of drug-likeness (QED) is 0.762. The Hall–Kier alpha value is -1.03. The number of aryl methyl sites for hydroxylation is 1. The standard InChI is InChI=1S/C14H13Cl2NOS/c1-10-4-5-11(16)7-13(10)17(14(18)8-15)9-12-3-2-6-19-12/h2-7H,8-9H2,1H3. The first-order valence-corrected chi connectivity index (χ1v) is 7.56. The number of carbonyl (C=O) groups excluding carboxylic acids is 1. The zero-order valence-electron chi connectivity index (χ0n) is 10.4. The Morgan fingerprint density at radius 1 is 1.37 bits per heavy atom. The summed E-state index contributed by atoms with van der Waals surface area (Å²) in [5, 5.41) is 2.60. The van der Waals surface area contributed by atoms with Gasteiger partial charge in [0.15, 0.2) is 0 Å². The van der Waals surface area contributed by atoms with Crippen molar-refractivity contribution in [2.45, 2.75) is 13.5 Å². The number of amides is 1. The van der Waals surface area contributed by atoms with Crippen molar-refractivity contribution in [3.05, 3.63) is 51.2 Å². The lowest BCUT2D eigenvalue weighted by molar-refractivity contribution is -0.116. The van der Waals surface area contributed by atoms with E-state index in [1.807, 2.05) is 36.6 Å². The first kappa shape index (κ1) is 14.4. The number of anilines is 1. The Kier molecular flexibility index (Phi) is 4.86. The van der Waals surface area contributed by atoms with Crippen molar-refractivity contribution in [3.8, 4) is 0 Å². The van der Waals surface area contributed by atoms with E-state index >= 15 is 0 Å². The van der Waals surface area contributed by atoms with Crippen LogP contribution in [0.1, 0.15) is 10.4 Å². The monoisotopic (exact) mass is 313 g/mol. The zero-order valence-corrected chi connectivity index (χ0v) is 12.7. The maximum atomic E-state index is 12.1. The van der Waals surface area contributed by atoms with Gasteiger partial charge < -0.3 is 4.90 Å². The highest BCUT2D eigenvalue weighted by molar-refractivity contribution is 7.09. The molecule has 0 atom stereocenters. The summed E-state index contributed by atoms with van der Waals surface area (Å²) in [6.07, 6.45) is 0. The van der Waals surface area contributed by atoms with Gasteiger partial charge >= 0.3 is 0 Å². The van der Waals surface area contributed by atoms with Crippen LogP contribution in [-0.2, 0) is 11.3 Å². The van der Waals surface area contributed by atoms with Crippen LogP contribution in [0.2, 0.25) is 5.02 Å². The fourth-order valence-electron chi connectivity index (χ4n) is 1.81. The van der Waals surface area contributed by atoms with Crippen LogP contribution in [0.3, 0.4) is 0 Å². The second kappa shape index (κ2) is 6.42. The fourth-order valence-corrected chi connectivity index (χ4v) is 2.81. The van der Waals surface area contributed by atoms with Gasteiger partial charge in [0, 0.05) is 15.6 Å². The summed E-state index contributed by atoms with van der Waals surface area (Å²) >= 11 is 13.3. The lowest BCUT2D eigenvalue weighted by atomic mass is 10.1. The van der Waals surface area contributed by atoms with Crippen molar-refractivity contribution in [2.24, 2.45) is 0 Å². The van der Waals surface area contributed by atoms with E-state index in [1.54, 1.807) is 22.3 Å². The molecular weight excluding hydrogens is 301 g/mol. The number of hydrogen-bond acceptors (Lipinski definition) is 2. The molecule has 2 aromatic rings. The molecule has 0 N–H and O–H groups in total. The Morgan fingerprint density at radius 3 is 2.79 bits per heavy atom. The van der Waals surface area contributed by atoms with Gasteiger partial charge in [0.05, 0.1) is 6.54 Å². The van der Waals surface area contributed by atoms with E-state index in [9.17, 15) is 4.79 Å². The van der Waals surface area contributed by atoms with Gasteiger partial charge in [-0.05, 0) is 36.1 Å². The van der Waals surface area contributed by atoms with Gasteiger partial charge in [0.2, 0.25) is 5.91 Å². The Morgan fingerprint density at radius 2 is 2.16 bits per heavy atom. The molecule has 0 saturated carbocycles. The summed E-state index contributed by atoms with van der Waals surface area (Å²) in [7, 11) is 0. The molecule has 0 aliphatic rings. The molecule has 0 spiro atoms. The van der Waals surface area contributed by atoms with Gasteiger partial charge in [-0.25, -0.2) is 0 Å². The highest BCUT2D eigenvalue weighted by atomic mass is 35.5. The lowest BCUT2D eigenvalue weighted by Crippen LogP contribution is -2.31. The van der Waals surface area contributed by atoms with Crippen LogP contribution in [-0.4, -0.2) is 11.8 Å². The molecule has 2 rings (SSSR count). The third-order valence-electron chi connectivity index (χ3n) is 2.77. The van der Waals surface area contributed by atoms with Crippen molar-refractivity contribution in [1.29, 1.82) is 0 Å². The van der Waals surface area contributed by atoms with Gasteiger partial charge in [0.25, 0.3) is 0 Å². The summed E-state index contributed by atoms with van der Waals surface area (Å²) in [6, 6.07) is 9.48. The molecule has 19 heavy (non-hydrogen) atoms. The minimum atomic E-state index is -0.125. The first-order chi connectivity index (χ1) is 9.11. The van der Waals surface area contributed by atoms with Gasteiger partial charge in [-0.2, -0.15) is 0 Å². The second-order valence-corrected chi connectivity index (χ2v) is 5.86. The van der Waals surface area contributed by atoms with E-state index in [-0.39, 0.29) is 11.8 Å². The summed E-state index contributed by atoms with van der Waals surface area (Å²) in [5.41, 5.74) is 1.81. The van der Waals surface area contributed by atoms with Crippen molar-refractivity contribution in [2.75, 3.05) is 10.8 Å². The average molecular weight is 314 g/mol. The zero-order chi connectivity index (χ0) is 13.8. The molecule has 0 fully saturated rings. The minimum absolute atomic E-state index is 0.0443. The number of thiophene rings is 1. The molecular formula is C14H13Cl2NOS. The molecule has 0 bridgehead atoms. The van der Waals surface area contributed by atoms with E-state index in [0.29, 0.717) is 11.6 Å². The molecule has 5 heteroatoms. The van der Waals surface area contributed by atoms with Crippen LogP contribution in [0, 0.1) is 6.92 Å². The van der Waals surface area contributed by atoms with Gasteiger partial charge in [-0.15, -0.1) is 22.9 Å². The number of hydrogen-bond donors (Lipinski definition) is 0. The van der Waals surface area contributed by atoms with Crippen molar-refractivity contribution in [1.82, 2.24) is 0 Å². The summed E-state index contributed by atoms with van der Waals surface area (Å²) in [5.74, 6) is -0.169. The molecule has 100 valence electrons. The van der Waals surface area contributed by atoms with E-state index in [2.05, 4.69) is 0 Å². The van der Waals surface area contributed by atoms with E-state index in [0.717, 1.165) is 16.1 Å². The number of benzene rings is 1. The molecule has 1 amide bonds. The number of halogens is 2. The predicted octanol–water partition coefficient (Wildman–Crippen LogP) is 4.48. The first-order valence-electron chi connectivity index (χ1n) is 5.76. The third-order valence-corrected chi connectivity index (χ3v) is 4.10. The van der Waals surface area contributed by atoms with Gasteiger partial charge in [0.1, 0.15) is 5.88 Å². The van der Waals surface area contributed by atoms with E-state index < -0.39 is 0 Å². The summed E-state index contributed by atoms with van der Waals surface area (Å²) in [6.45, 7) is 2.47. The van der Waals surface area contributed by atoms with Crippen LogP contribution in [0.25, 0.3) is 0 Å². The van der Waals surface area contributed by atoms with E-state index in [4.69, 9.17) is 23.2 Å². The average Bonchev–Trinajstić information content (AvgIpc) is 2.91. The molecule has 0 unspecified atom stereocenters. The van der Waals surface area contributed by atoms with Crippen molar-refractivity contribution >= 4 is 46.1 Å².